The molecule has 0 radical (unpaired) electrons. The molecule has 1 aromatic heterocycles. The molecular weight excluding hydrogens is 248 g/mol. The third-order valence-electron chi connectivity index (χ3n) is 2.36. The van der Waals surface area contributed by atoms with E-state index in [2.05, 4.69) is 10.3 Å². The highest BCUT2D eigenvalue weighted by Gasteiger charge is 2.39. The Kier molecular flexibility index (Phi) is 4.14. The quantitative estimate of drug-likeness (QED) is 0.872. The summed E-state index contributed by atoms with van der Waals surface area (Å²) in [4.78, 5) is 27.1. The first-order chi connectivity index (χ1) is 8.65. The highest BCUT2D eigenvalue weighted by atomic mass is 16.6. The molecule has 0 saturated heterocycles. The predicted octanol–water partition coefficient (Wildman–Crippen LogP) is 1.91. The highest BCUT2D eigenvalue weighted by Crippen LogP contribution is 2.19. The number of aromatic nitrogens is 1. The fraction of sp³-hybridized carbons (Fsp3) is 0.462. The van der Waals surface area contributed by atoms with E-state index in [1.165, 1.54) is 19.2 Å². The van der Waals surface area contributed by atoms with Gasteiger partial charge in [-0.1, -0.05) is 6.07 Å². The number of hydrogen-bond acceptors (Lipinski definition) is 4. The van der Waals surface area contributed by atoms with Crippen LogP contribution in [0.2, 0.25) is 0 Å². The monoisotopic (exact) mass is 266 g/mol. The van der Waals surface area contributed by atoms with Crippen molar-refractivity contribution in [3.63, 3.8) is 0 Å². The van der Waals surface area contributed by atoms with E-state index in [4.69, 9.17) is 4.74 Å². The molecule has 2 N–H and O–H groups in total. The van der Waals surface area contributed by atoms with Crippen LogP contribution < -0.4 is 5.32 Å². The molecule has 0 aliphatic carbocycles. The molecule has 6 nitrogen and oxygen atoms in total. The van der Waals surface area contributed by atoms with Gasteiger partial charge in [0.2, 0.25) is 0 Å². The van der Waals surface area contributed by atoms with Crippen molar-refractivity contribution in [2.24, 2.45) is 0 Å². The molecule has 0 bridgehead atoms. The Bertz CT molecular complexity index is 467. The van der Waals surface area contributed by atoms with E-state index in [1.807, 2.05) is 0 Å². The van der Waals surface area contributed by atoms with E-state index < -0.39 is 23.2 Å². The van der Waals surface area contributed by atoms with Gasteiger partial charge in [0.1, 0.15) is 5.60 Å². The van der Waals surface area contributed by atoms with Crippen molar-refractivity contribution in [3.8, 4) is 0 Å². The second-order valence-corrected chi connectivity index (χ2v) is 5.27. The maximum absolute atomic E-state index is 11.7. The number of alkyl carbamates (subject to hydrolysis) is 1. The minimum absolute atomic E-state index is 0.230. The van der Waals surface area contributed by atoms with Gasteiger partial charge in [-0.3, -0.25) is 4.98 Å². The standard InChI is InChI=1S/C13H18N2O4/c1-12(2,3)19-11(18)15-13(4,10(16)17)9-7-5-6-8-14-9/h5-8H,1-4H3,(H,15,18)(H,16,17)/t13-/m1/s1. The van der Waals surface area contributed by atoms with Gasteiger partial charge >= 0.3 is 12.1 Å². The average Bonchev–Trinajstić information content (AvgIpc) is 2.27. The Hall–Kier alpha value is -2.11. The average molecular weight is 266 g/mol. The molecule has 0 unspecified atom stereocenters. The number of rotatable bonds is 3. The summed E-state index contributed by atoms with van der Waals surface area (Å²) in [6, 6.07) is 4.85. The molecule has 1 atom stereocenters. The van der Waals surface area contributed by atoms with E-state index in [9.17, 15) is 14.7 Å². The van der Waals surface area contributed by atoms with Crippen molar-refractivity contribution in [3.05, 3.63) is 30.1 Å². The normalized spacial score (nSPS) is 14.3. The molecule has 19 heavy (non-hydrogen) atoms. The molecule has 6 heteroatoms. The van der Waals surface area contributed by atoms with Gasteiger partial charge in [0.05, 0.1) is 5.69 Å². The van der Waals surface area contributed by atoms with E-state index >= 15 is 0 Å². The van der Waals surface area contributed by atoms with Crippen LogP contribution in [0.5, 0.6) is 0 Å². The molecule has 0 saturated carbocycles. The summed E-state index contributed by atoms with van der Waals surface area (Å²) in [7, 11) is 0. The first-order valence-electron chi connectivity index (χ1n) is 5.81. The summed E-state index contributed by atoms with van der Waals surface area (Å²) in [5.74, 6) is -1.21. The van der Waals surface area contributed by atoms with Crippen molar-refractivity contribution in [1.82, 2.24) is 10.3 Å². The van der Waals surface area contributed by atoms with Crippen LogP contribution in [0.1, 0.15) is 33.4 Å². The summed E-state index contributed by atoms with van der Waals surface area (Å²) in [6.45, 7) is 6.46. The maximum atomic E-state index is 11.7. The van der Waals surface area contributed by atoms with Crippen molar-refractivity contribution in [2.75, 3.05) is 0 Å². The summed E-state index contributed by atoms with van der Waals surface area (Å²) in [6.07, 6.45) is 0.663. The lowest BCUT2D eigenvalue weighted by Gasteiger charge is -2.27. The Morgan fingerprint density at radius 3 is 2.32 bits per heavy atom. The lowest BCUT2D eigenvalue weighted by atomic mass is 9.97. The smallest absolute Gasteiger partial charge is 0.408 e. The number of amides is 1. The van der Waals surface area contributed by atoms with Gasteiger partial charge in [-0.25, -0.2) is 9.59 Å². The maximum Gasteiger partial charge on any atom is 0.408 e. The second-order valence-electron chi connectivity index (χ2n) is 5.27. The summed E-state index contributed by atoms with van der Waals surface area (Å²) < 4.78 is 5.06. The zero-order valence-electron chi connectivity index (χ0n) is 11.4. The number of aliphatic carboxylic acids is 1. The van der Waals surface area contributed by atoms with Crippen molar-refractivity contribution < 1.29 is 19.4 Å². The number of pyridine rings is 1. The molecule has 0 aliphatic rings. The zero-order chi connectivity index (χ0) is 14.7. The minimum Gasteiger partial charge on any atom is -0.479 e. The lowest BCUT2D eigenvalue weighted by Crippen LogP contribution is -2.51. The van der Waals surface area contributed by atoms with Gasteiger partial charge in [0.25, 0.3) is 0 Å². The fourth-order valence-corrected chi connectivity index (χ4v) is 1.39. The van der Waals surface area contributed by atoms with Gasteiger partial charge in [-0.15, -0.1) is 0 Å². The Balaban J connectivity index is 2.97. The highest BCUT2D eigenvalue weighted by molar-refractivity contribution is 5.84. The van der Waals surface area contributed by atoms with Crippen molar-refractivity contribution in [1.29, 1.82) is 0 Å². The number of hydrogen-bond donors (Lipinski definition) is 2. The molecule has 1 aromatic rings. The molecule has 0 spiro atoms. The van der Waals surface area contributed by atoms with Crippen LogP contribution in [0.3, 0.4) is 0 Å². The molecule has 1 rings (SSSR count). The second kappa shape index (κ2) is 5.26. The molecule has 104 valence electrons. The van der Waals surface area contributed by atoms with Crippen molar-refractivity contribution >= 4 is 12.1 Å². The Labute approximate surface area is 111 Å². The van der Waals surface area contributed by atoms with Gasteiger partial charge in [-0.05, 0) is 39.8 Å². The van der Waals surface area contributed by atoms with Crippen LogP contribution in [0, 0.1) is 0 Å². The number of carbonyl (C=O) groups is 2. The van der Waals surface area contributed by atoms with E-state index in [0.29, 0.717) is 0 Å². The summed E-state index contributed by atoms with van der Waals surface area (Å²) >= 11 is 0. The van der Waals surface area contributed by atoms with Gasteiger partial charge in [0.15, 0.2) is 5.54 Å². The number of nitrogens with one attached hydrogen (secondary N) is 1. The number of nitrogens with zero attached hydrogens (tertiary/aromatic N) is 1. The SMILES string of the molecule is CC(C)(C)OC(=O)N[C@@](C)(C(=O)O)c1ccccn1. The fourth-order valence-electron chi connectivity index (χ4n) is 1.39. The first-order valence-corrected chi connectivity index (χ1v) is 5.81. The third kappa shape index (κ3) is 3.94. The summed E-state index contributed by atoms with van der Waals surface area (Å²) in [5.41, 5.74) is -2.11. The predicted molar refractivity (Wildman–Crippen MR) is 68.6 cm³/mol. The van der Waals surface area contributed by atoms with Crippen LogP contribution >= 0.6 is 0 Å². The third-order valence-corrected chi connectivity index (χ3v) is 2.36. The molecule has 0 aliphatic heterocycles. The largest absolute Gasteiger partial charge is 0.479 e. The number of carboxylic acid groups (broad SMARTS) is 1. The minimum atomic E-state index is -1.64. The Morgan fingerprint density at radius 2 is 1.89 bits per heavy atom. The first kappa shape index (κ1) is 14.9. The van der Waals surface area contributed by atoms with E-state index in [0.717, 1.165) is 0 Å². The van der Waals surface area contributed by atoms with Crippen LogP contribution in [0.15, 0.2) is 24.4 Å². The van der Waals surface area contributed by atoms with Crippen LogP contribution in [-0.2, 0) is 15.1 Å². The van der Waals surface area contributed by atoms with E-state index in [-0.39, 0.29) is 5.69 Å². The van der Waals surface area contributed by atoms with Gasteiger partial charge in [-0.2, -0.15) is 0 Å². The molecule has 1 amide bonds. The van der Waals surface area contributed by atoms with Crippen LogP contribution in [-0.4, -0.2) is 27.8 Å². The van der Waals surface area contributed by atoms with Crippen LogP contribution in [0.25, 0.3) is 0 Å². The van der Waals surface area contributed by atoms with Crippen LogP contribution in [0.4, 0.5) is 4.79 Å². The number of carboxylic acids is 1. The summed E-state index contributed by atoms with van der Waals surface area (Å²) in [5, 5.41) is 11.7. The Morgan fingerprint density at radius 1 is 1.26 bits per heavy atom. The molecule has 0 aromatic carbocycles. The number of ether oxygens (including phenoxy) is 1. The van der Waals surface area contributed by atoms with Crippen molar-refractivity contribution in [2.45, 2.75) is 38.8 Å². The van der Waals surface area contributed by atoms with Gasteiger partial charge in [0, 0.05) is 6.20 Å². The lowest BCUT2D eigenvalue weighted by molar-refractivity contribution is -0.144. The zero-order valence-corrected chi connectivity index (χ0v) is 11.4. The molecular formula is C13H18N2O4. The molecule has 0 fully saturated rings. The number of carbonyl (C=O) groups excluding carboxylic acids is 1. The topological polar surface area (TPSA) is 88.5 Å². The van der Waals surface area contributed by atoms with Gasteiger partial charge < -0.3 is 15.2 Å². The van der Waals surface area contributed by atoms with E-state index in [1.54, 1.807) is 32.9 Å². The molecule has 1 heterocycles.